The van der Waals surface area contributed by atoms with Crippen LogP contribution in [0.5, 0.6) is 0 Å². The SMILES string of the molecule is CN1c2cc(F)ccc2SCC1CCC#N. The molecule has 0 saturated heterocycles. The largest absolute Gasteiger partial charge is 0.370 e. The molecule has 4 heteroatoms. The molecule has 0 radical (unpaired) electrons. The lowest BCUT2D eigenvalue weighted by molar-refractivity contribution is 0.611. The molecule has 16 heavy (non-hydrogen) atoms. The van der Waals surface area contributed by atoms with E-state index < -0.39 is 0 Å². The zero-order valence-electron chi connectivity index (χ0n) is 9.11. The fourth-order valence-corrected chi connectivity index (χ4v) is 3.17. The molecule has 0 aliphatic carbocycles. The van der Waals surface area contributed by atoms with E-state index in [9.17, 15) is 4.39 Å². The molecule has 1 aromatic rings. The van der Waals surface area contributed by atoms with Gasteiger partial charge in [-0.1, -0.05) is 0 Å². The standard InChI is InChI=1S/C12H13FN2S/c1-15-10(3-2-6-14)8-16-12-5-4-9(13)7-11(12)15/h4-5,7,10H,2-3,8H2,1H3. The molecule has 0 aromatic heterocycles. The summed E-state index contributed by atoms with van der Waals surface area (Å²) in [6, 6.07) is 7.38. The Balaban J connectivity index is 2.21. The third-order valence-corrected chi connectivity index (χ3v) is 4.08. The first kappa shape index (κ1) is 11.3. The summed E-state index contributed by atoms with van der Waals surface area (Å²) in [5.41, 5.74) is 0.944. The van der Waals surface area contributed by atoms with Gasteiger partial charge in [-0.3, -0.25) is 0 Å². The van der Waals surface area contributed by atoms with Crippen LogP contribution in [0, 0.1) is 17.1 Å². The van der Waals surface area contributed by atoms with Gasteiger partial charge in [-0.25, -0.2) is 4.39 Å². The minimum absolute atomic E-state index is 0.202. The molecule has 1 aromatic carbocycles. The maximum Gasteiger partial charge on any atom is 0.125 e. The van der Waals surface area contributed by atoms with Crippen molar-refractivity contribution in [2.24, 2.45) is 0 Å². The van der Waals surface area contributed by atoms with Gasteiger partial charge in [0.15, 0.2) is 0 Å². The van der Waals surface area contributed by atoms with Crippen LogP contribution >= 0.6 is 11.8 Å². The molecular formula is C12H13FN2S. The molecule has 0 amide bonds. The lowest BCUT2D eigenvalue weighted by Gasteiger charge is -2.35. The number of thioether (sulfide) groups is 1. The van der Waals surface area contributed by atoms with Crippen molar-refractivity contribution in [3.05, 3.63) is 24.0 Å². The van der Waals surface area contributed by atoms with E-state index in [1.165, 1.54) is 6.07 Å². The summed E-state index contributed by atoms with van der Waals surface area (Å²) in [5.74, 6) is 0.767. The number of halogens is 1. The molecule has 1 aliphatic heterocycles. The number of nitrogens with zero attached hydrogens (tertiary/aromatic N) is 2. The van der Waals surface area contributed by atoms with Gasteiger partial charge in [0.05, 0.1) is 11.8 Å². The molecule has 1 heterocycles. The van der Waals surface area contributed by atoms with Crippen LogP contribution < -0.4 is 4.90 Å². The number of rotatable bonds is 2. The van der Waals surface area contributed by atoms with Crippen LogP contribution in [-0.2, 0) is 0 Å². The lowest BCUT2D eigenvalue weighted by Crippen LogP contribution is -2.36. The average Bonchev–Trinajstić information content (AvgIpc) is 2.29. The summed E-state index contributed by atoms with van der Waals surface area (Å²) in [5, 5.41) is 8.59. The van der Waals surface area contributed by atoms with E-state index in [2.05, 4.69) is 11.0 Å². The number of hydrogen-bond donors (Lipinski definition) is 0. The summed E-state index contributed by atoms with van der Waals surface area (Å²) in [4.78, 5) is 3.21. The Hall–Kier alpha value is -1.21. The molecular weight excluding hydrogens is 223 g/mol. The van der Waals surface area contributed by atoms with Crippen LogP contribution in [0.1, 0.15) is 12.8 Å². The van der Waals surface area contributed by atoms with Crippen molar-refractivity contribution in [3.63, 3.8) is 0 Å². The van der Waals surface area contributed by atoms with Gasteiger partial charge in [0.25, 0.3) is 0 Å². The molecule has 1 unspecified atom stereocenters. The summed E-state index contributed by atoms with van der Waals surface area (Å²) in [6.45, 7) is 0. The molecule has 1 atom stereocenters. The Labute approximate surface area is 99.1 Å². The molecule has 1 aliphatic rings. The number of anilines is 1. The number of hydrogen-bond acceptors (Lipinski definition) is 3. The molecule has 84 valence electrons. The first-order valence-corrected chi connectivity index (χ1v) is 6.23. The fraction of sp³-hybridized carbons (Fsp3) is 0.417. The van der Waals surface area contributed by atoms with E-state index in [4.69, 9.17) is 5.26 Å². The Morgan fingerprint density at radius 1 is 1.62 bits per heavy atom. The van der Waals surface area contributed by atoms with E-state index in [0.29, 0.717) is 12.5 Å². The van der Waals surface area contributed by atoms with Crippen LogP contribution in [0.25, 0.3) is 0 Å². The Kier molecular flexibility index (Phi) is 3.35. The lowest BCUT2D eigenvalue weighted by atomic mass is 10.1. The van der Waals surface area contributed by atoms with Crippen molar-refractivity contribution in [2.45, 2.75) is 23.8 Å². The van der Waals surface area contributed by atoms with Gasteiger partial charge < -0.3 is 4.90 Å². The highest BCUT2D eigenvalue weighted by atomic mass is 32.2. The van der Waals surface area contributed by atoms with Crippen molar-refractivity contribution >= 4 is 17.4 Å². The Bertz CT molecular complexity index is 428. The average molecular weight is 236 g/mol. The fourth-order valence-electron chi connectivity index (χ4n) is 1.89. The molecule has 0 N–H and O–H groups in total. The molecule has 0 spiro atoms. The van der Waals surface area contributed by atoms with E-state index in [-0.39, 0.29) is 5.82 Å². The van der Waals surface area contributed by atoms with Crippen molar-refractivity contribution < 1.29 is 4.39 Å². The van der Waals surface area contributed by atoms with Gasteiger partial charge in [-0.05, 0) is 24.6 Å². The van der Waals surface area contributed by atoms with Crippen LogP contribution in [0.4, 0.5) is 10.1 Å². The van der Waals surface area contributed by atoms with Gasteiger partial charge in [0.2, 0.25) is 0 Å². The first-order valence-electron chi connectivity index (χ1n) is 5.24. The summed E-state index contributed by atoms with van der Waals surface area (Å²) in [6.07, 6.45) is 1.40. The molecule has 0 bridgehead atoms. The highest BCUT2D eigenvalue weighted by molar-refractivity contribution is 7.99. The molecule has 0 fully saturated rings. The quantitative estimate of drug-likeness (QED) is 0.789. The zero-order chi connectivity index (χ0) is 11.5. The third kappa shape index (κ3) is 2.14. The second kappa shape index (κ2) is 4.75. The summed E-state index contributed by atoms with van der Waals surface area (Å²) in [7, 11) is 1.97. The summed E-state index contributed by atoms with van der Waals surface area (Å²) < 4.78 is 13.2. The van der Waals surface area contributed by atoms with Crippen LogP contribution in [0.15, 0.2) is 23.1 Å². The number of benzene rings is 1. The van der Waals surface area contributed by atoms with Crippen LogP contribution in [0.3, 0.4) is 0 Å². The normalized spacial score (nSPS) is 19.1. The minimum atomic E-state index is -0.202. The van der Waals surface area contributed by atoms with Crippen molar-refractivity contribution in [1.82, 2.24) is 0 Å². The Morgan fingerprint density at radius 3 is 3.19 bits per heavy atom. The second-order valence-corrected chi connectivity index (χ2v) is 4.95. The maximum absolute atomic E-state index is 13.2. The van der Waals surface area contributed by atoms with Gasteiger partial charge in [-0.15, -0.1) is 11.8 Å². The van der Waals surface area contributed by atoms with E-state index in [1.807, 2.05) is 13.1 Å². The molecule has 2 rings (SSSR count). The topological polar surface area (TPSA) is 27.0 Å². The number of fused-ring (bicyclic) bond motifs is 1. The first-order chi connectivity index (χ1) is 7.72. The summed E-state index contributed by atoms with van der Waals surface area (Å²) >= 11 is 1.74. The maximum atomic E-state index is 13.2. The highest BCUT2D eigenvalue weighted by Crippen LogP contribution is 2.37. The third-order valence-electron chi connectivity index (χ3n) is 2.87. The zero-order valence-corrected chi connectivity index (χ0v) is 9.93. The van der Waals surface area contributed by atoms with Crippen molar-refractivity contribution in [3.8, 4) is 6.07 Å². The monoisotopic (exact) mass is 236 g/mol. The predicted octanol–water partition coefficient (Wildman–Crippen LogP) is 3.04. The molecule has 0 saturated carbocycles. The van der Waals surface area contributed by atoms with Gasteiger partial charge >= 0.3 is 0 Å². The minimum Gasteiger partial charge on any atom is -0.370 e. The number of nitriles is 1. The van der Waals surface area contributed by atoms with Gasteiger partial charge in [-0.2, -0.15) is 5.26 Å². The predicted molar refractivity (Wildman–Crippen MR) is 64.2 cm³/mol. The van der Waals surface area contributed by atoms with E-state index in [1.54, 1.807) is 17.8 Å². The van der Waals surface area contributed by atoms with Crippen molar-refractivity contribution in [1.29, 1.82) is 5.26 Å². The van der Waals surface area contributed by atoms with Crippen LogP contribution in [0.2, 0.25) is 0 Å². The highest BCUT2D eigenvalue weighted by Gasteiger charge is 2.23. The smallest absolute Gasteiger partial charge is 0.125 e. The van der Waals surface area contributed by atoms with Gasteiger partial charge in [0, 0.05) is 30.2 Å². The Morgan fingerprint density at radius 2 is 2.44 bits per heavy atom. The van der Waals surface area contributed by atoms with Gasteiger partial charge in [0.1, 0.15) is 5.82 Å². The molecule has 2 nitrogen and oxygen atoms in total. The second-order valence-electron chi connectivity index (χ2n) is 3.88. The van der Waals surface area contributed by atoms with Crippen LogP contribution in [-0.4, -0.2) is 18.8 Å². The van der Waals surface area contributed by atoms with E-state index >= 15 is 0 Å². The van der Waals surface area contributed by atoms with Crippen molar-refractivity contribution in [2.75, 3.05) is 17.7 Å². The van der Waals surface area contributed by atoms with E-state index in [0.717, 1.165) is 22.8 Å².